The molecule has 1 heterocycles. The Morgan fingerprint density at radius 2 is 1.93 bits per heavy atom. The summed E-state index contributed by atoms with van der Waals surface area (Å²) in [6, 6.07) is 11.8. The Balaban J connectivity index is 1.71. The molecule has 4 nitrogen and oxygen atoms in total. The number of benzene rings is 2. The van der Waals surface area contributed by atoms with Crippen LogP contribution in [0.4, 0.5) is 4.39 Å². The Morgan fingerprint density at radius 1 is 1.15 bits per heavy atom. The smallest absolute Gasteiger partial charge is 0.266 e. The molecule has 0 radical (unpaired) electrons. The first kappa shape index (κ1) is 19.4. The largest absolute Gasteiger partial charge is 0.493 e. The van der Waals surface area contributed by atoms with Gasteiger partial charge < -0.3 is 9.47 Å². The molecule has 140 valence electrons. The lowest BCUT2D eigenvalue weighted by Crippen LogP contribution is -2.30. The maximum atomic E-state index is 13.3. The highest BCUT2D eigenvalue weighted by Gasteiger charge is 2.31. The molecule has 0 bridgehead atoms. The Morgan fingerprint density at radius 3 is 2.63 bits per heavy atom. The van der Waals surface area contributed by atoms with Gasteiger partial charge in [0.15, 0.2) is 11.5 Å². The first-order valence-corrected chi connectivity index (χ1v) is 9.46. The molecule has 0 aliphatic carbocycles. The van der Waals surface area contributed by atoms with Gasteiger partial charge in [0, 0.05) is 6.54 Å². The molecule has 0 atom stereocenters. The van der Waals surface area contributed by atoms with E-state index in [0.717, 1.165) is 5.56 Å². The zero-order valence-corrected chi connectivity index (χ0v) is 16.5. The molecule has 0 spiro atoms. The van der Waals surface area contributed by atoms with E-state index < -0.39 is 0 Å². The van der Waals surface area contributed by atoms with E-state index in [0.29, 0.717) is 39.3 Å². The first-order valence-electron chi connectivity index (χ1n) is 8.23. The number of thioether (sulfide) groups is 1. The van der Waals surface area contributed by atoms with E-state index in [1.807, 2.05) is 18.2 Å². The maximum absolute atomic E-state index is 13.3. The van der Waals surface area contributed by atoms with Gasteiger partial charge in [0.2, 0.25) is 0 Å². The molecule has 0 saturated carbocycles. The third-order valence-electron chi connectivity index (χ3n) is 4.09. The molecule has 3 rings (SSSR count). The second-order valence-corrected chi connectivity index (χ2v) is 7.50. The van der Waals surface area contributed by atoms with Gasteiger partial charge in [-0.2, -0.15) is 0 Å². The van der Waals surface area contributed by atoms with Gasteiger partial charge in [-0.25, -0.2) is 4.39 Å². The second-order valence-electron chi connectivity index (χ2n) is 5.83. The van der Waals surface area contributed by atoms with Crippen molar-refractivity contribution in [3.63, 3.8) is 0 Å². The lowest BCUT2D eigenvalue weighted by atomic mass is 10.1. The molecule has 2 aromatic carbocycles. The third kappa shape index (κ3) is 4.48. The molecule has 0 aromatic heterocycles. The van der Waals surface area contributed by atoms with Crippen LogP contribution in [0.2, 0.25) is 0 Å². The highest BCUT2D eigenvalue weighted by atomic mass is 32.2. The van der Waals surface area contributed by atoms with E-state index >= 15 is 0 Å². The topological polar surface area (TPSA) is 38.8 Å². The van der Waals surface area contributed by atoms with Gasteiger partial charge in [0.1, 0.15) is 10.1 Å². The van der Waals surface area contributed by atoms with Crippen LogP contribution in [0.5, 0.6) is 11.5 Å². The predicted octanol–water partition coefficient (Wildman–Crippen LogP) is 4.29. The van der Waals surface area contributed by atoms with E-state index in [2.05, 4.69) is 0 Å². The van der Waals surface area contributed by atoms with Crippen LogP contribution >= 0.6 is 24.0 Å². The number of halogens is 1. The van der Waals surface area contributed by atoms with Crippen LogP contribution in [0.1, 0.15) is 11.1 Å². The van der Waals surface area contributed by atoms with Crippen LogP contribution in [0.15, 0.2) is 47.4 Å². The third-order valence-corrected chi connectivity index (χ3v) is 5.47. The number of methoxy groups -OCH3 is 2. The Hall–Kier alpha value is -2.38. The molecule has 7 heteroatoms. The fraction of sp³-hybridized carbons (Fsp3) is 0.200. The molecule has 1 aliphatic rings. The van der Waals surface area contributed by atoms with Gasteiger partial charge in [-0.15, -0.1) is 0 Å². The van der Waals surface area contributed by atoms with Gasteiger partial charge in [-0.05, 0) is 47.9 Å². The molecular formula is C20H18FNO3S2. The molecule has 27 heavy (non-hydrogen) atoms. The van der Waals surface area contributed by atoms with Crippen LogP contribution in [-0.4, -0.2) is 35.9 Å². The van der Waals surface area contributed by atoms with E-state index in [9.17, 15) is 9.18 Å². The molecule has 1 aliphatic heterocycles. The summed E-state index contributed by atoms with van der Waals surface area (Å²) < 4.78 is 24.4. The summed E-state index contributed by atoms with van der Waals surface area (Å²) in [7, 11) is 3.17. The summed E-state index contributed by atoms with van der Waals surface area (Å²) in [6.45, 7) is 0.459. The Kier molecular flexibility index (Phi) is 6.13. The van der Waals surface area contributed by atoms with Gasteiger partial charge in [-0.1, -0.05) is 42.2 Å². The number of rotatable bonds is 6. The average Bonchev–Trinajstić information content (AvgIpc) is 2.92. The van der Waals surface area contributed by atoms with E-state index in [1.165, 1.54) is 23.9 Å². The van der Waals surface area contributed by atoms with Gasteiger partial charge in [0.25, 0.3) is 5.91 Å². The number of thiocarbonyl (C=S) groups is 1. The number of carbonyl (C=O) groups is 1. The van der Waals surface area contributed by atoms with E-state index in [4.69, 9.17) is 21.7 Å². The van der Waals surface area contributed by atoms with Crippen molar-refractivity contribution in [1.29, 1.82) is 0 Å². The number of nitrogens with zero attached hydrogens (tertiary/aromatic N) is 1. The van der Waals surface area contributed by atoms with Crippen LogP contribution in [0, 0.1) is 5.82 Å². The van der Waals surface area contributed by atoms with Crippen molar-refractivity contribution in [2.45, 2.75) is 6.42 Å². The molecule has 1 amide bonds. The van der Waals surface area contributed by atoms with Crippen LogP contribution < -0.4 is 9.47 Å². The zero-order valence-electron chi connectivity index (χ0n) is 14.9. The van der Waals surface area contributed by atoms with Crippen molar-refractivity contribution in [2.75, 3.05) is 20.8 Å². The monoisotopic (exact) mass is 403 g/mol. The second kappa shape index (κ2) is 8.54. The molecule has 0 unspecified atom stereocenters. The van der Waals surface area contributed by atoms with Crippen LogP contribution in [-0.2, 0) is 11.2 Å². The fourth-order valence-corrected chi connectivity index (χ4v) is 4.03. The molecule has 2 aromatic rings. The van der Waals surface area contributed by atoms with Crippen molar-refractivity contribution < 1.29 is 18.7 Å². The minimum atomic E-state index is -0.340. The van der Waals surface area contributed by atoms with E-state index in [-0.39, 0.29) is 11.7 Å². The van der Waals surface area contributed by atoms with Gasteiger partial charge in [0.05, 0.1) is 19.1 Å². The first-order chi connectivity index (χ1) is 13.0. The van der Waals surface area contributed by atoms with Crippen molar-refractivity contribution >= 4 is 40.3 Å². The Bertz CT molecular complexity index is 914. The summed E-state index contributed by atoms with van der Waals surface area (Å²) in [5.74, 6) is 0.804. The van der Waals surface area contributed by atoms with Crippen molar-refractivity contribution in [3.05, 3.63) is 64.3 Å². The molecule has 1 saturated heterocycles. The van der Waals surface area contributed by atoms with Crippen LogP contribution in [0.25, 0.3) is 6.08 Å². The maximum Gasteiger partial charge on any atom is 0.266 e. The number of carbonyl (C=O) groups excluding carboxylic acids is 1. The number of hydrogen-bond donors (Lipinski definition) is 0. The lowest BCUT2D eigenvalue weighted by Gasteiger charge is -2.15. The van der Waals surface area contributed by atoms with Crippen molar-refractivity contribution in [1.82, 2.24) is 4.90 Å². The molecule has 1 fully saturated rings. The van der Waals surface area contributed by atoms with Crippen molar-refractivity contribution in [3.8, 4) is 11.5 Å². The highest BCUT2D eigenvalue weighted by molar-refractivity contribution is 8.26. The minimum Gasteiger partial charge on any atom is -0.493 e. The normalized spacial score (nSPS) is 15.5. The van der Waals surface area contributed by atoms with Crippen molar-refractivity contribution in [2.24, 2.45) is 0 Å². The summed E-state index contributed by atoms with van der Waals surface area (Å²) in [5.41, 5.74) is 1.64. The summed E-state index contributed by atoms with van der Waals surface area (Å²) in [4.78, 5) is 14.7. The SMILES string of the molecule is COc1ccc(CCN2C(=O)/C(=C\c3cccc(F)c3)SC2=S)cc1OC. The van der Waals surface area contributed by atoms with Gasteiger partial charge in [-0.3, -0.25) is 9.69 Å². The molecule has 0 N–H and O–H groups in total. The quantitative estimate of drug-likeness (QED) is 0.532. The number of hydrogen-bond acceptors (Lipinski definition) is 5. The standard InChI is InChI=1S/C20H18FNO3S2/c1-24-16-7-6-13(11-17(16)25-2)8-9-22-19(23)18(27-20(22)26)12-14-4-3-5-15(21)10-14/h3-7,10-12H,8-9H2,1-2H3/b18-12+. The predicted molar refractivity (Wildman–Crippen MR) is 110 cm³/mol. The minimum absolute atomic E-state index is 0.158. The van der Waals surface area contributed by atoms with Crippen LogP contribution in [0.3, 0.4) is 0 Å². The summed E-state index contributed by atoms with van der Waals surface area (Å²) in [6.07, 6.45) is 2.29. The number of amides is 1. The summed E-state index contributed by atoms with van der Waals surface area (Å²) >= 11 is 6.58. The highest BCUT2D eigenvalue weighted by Crippen LogP contribution is 2.33. The Labute approximate surface area is 167 Å². The molecular weight excluding hydrogens is 385 g/mol. The average molecular weight is 404 g/mol. The fourth-order valence-electron chi connectivity index (χ4n) is 2.72. The van der Waals surface area contributed by atoms with Gasteiger partial charge >= 0.3 is 0 Å². The van der Waals surface area contributed by atoms with E-state index in [1.54, 1.807) is 37.3 Å². The summed E-state index contributed by atoms with van der Waals surface area (Å²) in [5, 5.41) is 0. The lowest BCUT2D eigenvalue weighted by molar-refractivity contribution is -0.122. The zero-order chi connectivity index (χ0) is 19.4. The number of ether oxygens (including phenoxy) is 2.